The lowest BCUT2D eigenvalue weighted by Gasteiger charge is -2.13. The molecule has 0 saturated carbocycles. The number of benzene rings is 2. The highest BCUT2D eigenvalue weighted by Crippen LogP contribution is 2.26. The van der Waals surface area contributed by atoms with E-state index in [0.29, 0.717) is 23.8 Å². The lowest BCUT2D eigenvalue weighted by Crippen LogP contribution is -2.13. The smallest absolute Gasteiger partial charge is 0.239 e. The molecule has 6 heteroatoms. The lowest BCUT2D eigenvalue weighted by atomic mass is 10.2. The Bertz CT molecular complexity index is 789. The molecule has 0 aromatic heterocycles. The number of carbonyl (C=O) groups excluding carboxylic acids is 1. The van der Waals surface area contributed by atoms with Crippen LogP contribution in [0.2, 0.25) is 0 Å². The number of rotatable bonds is 8. The van der Waals surface area contributed by atoms with Crippen molar-refractivity contribution in [2.45, 2.75) is 34.3 Å². The predicted octanol–water partition coefficient (Wildman–Crippen LogP) is 5.90. The van der Waals surface area contributed by atoms with Crippen molar-refractivity contribution in [3.63, 3.8) is 0 Å². The maximum atomic E-state index is 11.5. The Morgan fingerprint density at radius 1 is 1.07 bits per heavy atom. The van der Waals surface area contributed by atoms with Crippen LogP contribution in [-0.2, 0) is 16.1 Å². The zero-order valence-electron chi connectivity index (χ0n) is 18.3. The summed E-state index contributed by atoms with van der Waals surface area (Å²) in [5.41, 5.74) is 1.66. The standard InChI is InChI=1S/C21H22ClNO3.C2H6.CH4O/c1-3-18(13-16(2)25-15-17-9-5-4-6-10-17)26-20-12-8-7-11-19(20)23-21(24)14-22;2*1-2/h3-13H,14-15H2,1-2H3,(H,23,24);1-2H3;2H,1H3/b16-13+,18-3+;;. The molecule has 5 nitrogen and oxygen atoms in total. The molecule has 0 saturated heterocycles. The first-order valence-corrected chi connectivity index (χ1v) is 10.2. The summed E-state index contributed by atoms with van der Waals surface area (Å²) in [7, 11) is 1.00. The minimum atomic E-state index is -0.289. The van der Waals surface area contributed by atoms with Gasteiger partial charge in [0.2, 0.25) is 5.91 Å². The highest BCUT2D eigenvalue weighted by Gasteiger charge is 2.08. The van der Waals surface area contributed by atoms with Crippen LogP contribution in [0, 0.1) is 0 Å². The number of anilines is 1. The van der Waals surface area contributed by atoms with E-state index in [1.165, 1.54) is 0 Å². The van der Waals surface area contributed by atoms with E-state index in [1.54, 1.807) is 12.1 Å². The molecule has 2 aromatic rings. The van der Waals surface area contributed by atoms with Crippen molar-refractivity contribution in [3.05, 3.63) is 83.8 Å². The summed E-state index contributed by atoms with van der Waals surface area (Å²) in [5, 5.41) is 9.71. The second kappa shape index (κ2) is 17.1. The number of aliphatic hydroxyl groups excluding tert-OH is 1. The fourth-order valence-corrected chi connectivity index (χ4v) is 2.22. The molecule has 0 aliphatic rings. The number of amides is 1. The van der Waals surface area contributed by atoms with Crippen LogP contribution >= 0.6 is 11.6 Å². The largest absolute Gasteiger partial charge is 0.493 e. The molecule has 0 fully saturated rings. The quantitative estimate of drug-likeness (QED) is 0.309. The molecule has 30 heavy (non-hydrogen) atoms. The number of para-hydroxylation sites is 2. The van der Waals surface area contributed by atoms with Gasteiger partial charge in [0.1, 0.15) is 18.2 Å². The number of hydrogen-bond donors (Lipinski definition) is 2. The molecular formula is C24H32ClNO4. The zero-order chi connectivity index (χ0) is 22.8. The van der Waals surface area contributed by atoms with Gasteiger partial charge in [-0.2, -0.15) is 0 Å². The molecule has 0 unspecified atom stereocenters. The zero-order valence-corrected chi connectivity index (χ0v) is 19.1. The summed E-state index contributed by atoms with van der Waals surface area (Å²) >= 11 is 5.55. The van der Waals surface area contributed by atoms with Crippen molar-refractivity contribution < 1.29 is 19.4 Å². The Balaban J connectivity index is 0.00000198. The van der Waals surface area contributed by atoms with Gasteiger partial charge in [-0.3, -0.25) is 4.79 Å². The molecule has 0 heterocycles. The number of aliphatic hydroxyl groups is 1. The first-order valence-electron chi connectivity index (χ1n) is 9.71. The fraction of sp³-hybridized carbons (Fsp3) is 0.292. The van der Waals surface area contributed by atoms with Gasteiger partial charge in [0.15, 0.2) is 5.75 Å². The van der Waals surface area contributed by atoms with E-state index >= 15 is 0 Å². The van der Waals surface area contributed by atoms with Crippen LogP contribution in [0.5, 0.6) is 5.75 Å². The number of nitrogens with one attached hydrogen (secondary N) is 1. The van der Waals surface area contributed by atoms with Gasteiger partial charge >= 0.3 is 0 Å². The van der Waals surface area contributed by atoms with E-state index < -0.39 is 0 Å². The summed E-state index contributed by atoms with van der Waals surface area (Å²) in [5.74, 6) is 1.47. The number of carbonyl (C=O) groups is 1. The van der Waals surface area contributed by atoms with Crippen LogP contribution in [-0.4, -0.2) is 24.0 Å². The van der Waals surface area contributed by atoms with E-state index in [0.717, 1.165) is 18.4 Å². The molecule has 0 radical (unpaired) electrons. The number of alkyl halides is 1. The van der Waals surface area contributed by atoms with Gasteiger partial charge in [-0.1, -0.05) is 56.3 Å². The third kappa shape index (κ3) is 10.7. The number of ether oxygens (including phenoxy) is 2. The molecule has 2 N–H and O–H groups in total. The third-order valence-corrected chi connectivity index (χ3v) is 3.69. The second-order valence-electron chi connectivity index (χ2n) is 5.50. The summed E-state index contributed by atoms with van der Waals surface area (Å²) in [4.78, 5) is 11.5. The minimum Gasteiger partial charge on any atom is -0.493 e. The first kappa shape index (κ1) is 27.2. The van der Waals surface area contributed by atoms with Crippen LogP contribution in [0.15, 0.2) is 78.3 Å². The molecule has 164 valence electrons. The van der Waals surface area contributed by atoms with E-state index in [2.05, 4.69) is 5.32 Å². The van der Waals surface area contributed by atoms with Gasteiger partial charge in [0, 0.05) is 13.2 Å². The van der Waals surface area contributed by atoms with E-state index in [9.17, 15) is 4.79 Å². The fourth-order valence-electron chi connectivity index (χ4n) is 2.15. The molecular weight excluding hydrogens is 402 g/mol. The lowest BCUT2D eigenvalue weighted by molar-refractivity contribution is -0.113. The van der Waals surface area contributed by atoms with Crippen molar-refractivity contribution in [1.82, 2.24) is 0 Å². The maximum Gasteiger partial charge on any atom is 0.239 e. The van der Waals surface area contributed by atoms with Crippen LogP contribution in [0.4, 0.5) is 5.69 Å². The van der Waals surface area contributed by atoms with Crippen LogP contribution < -0.4 is 10.1 Å². The molecule has 0 bridgehead atoms. The average Bonchev–Trinajstić information content (AvgIpc) is 2.81. The van der Waals surface area contributed by atoms with Crippen LogP contribution in [0.25, 0.3) is 0 Å². The van der Waals surface area contributed by atoms with E-state index in [4.69, 9.17) is 26.2 Å². The van der Waals surface area contributed by atoms with Gasteiger partial charge in [0.05, 0.1) is 11.4 Å². The predicted molar refractivity (Wildman–Crippen MR) is 125 cm³/mol. The first-order chi connectivity index (χ1) is 14.6. The van der Waals surface area contributed by atoms with Crippen molar-refractivity contribution in [2.75, 3.05) is 18.3 Å². The normalized spacial score (nSPS) is 10.6. The Labute approximate surface area is 185 Å². The third-order valence-electron chi connectivity index (χ3n) is 3.45. The summed E-state index contributed by atoms with van der Waals surface area (Å²) in [6, 6.07) is 17.1. The molecule has 1 amide bonds. The van der Waals surface area contributed by atoms with Crippen molar-refractivity contribution >= 4 is 23.2 Å². The monoisotopic (exact) mass is 433 g/mol. The molecule has 0 aliphatic carbocycles. The number of halogens is 1. The summed E-state index contributed by atoms with van der Waals surface area (Å²) in [6.07, 6.45) is 3.64. The molecule has 2 aromatic carbocycles. The second-order valence-corrected chi connectivity index (χ2v) is 5.77. The minimum absolute atomic E-state index is 0.114. The van der Waals surface area contributed by atoms with E-state index in [-0.39, 0.29) is 11.8 Å². The van der Waals surface area contributed by atoms with Gasteiger partial charge in [0.25, 0.3) is 0 Å². The number of hydrogen-bond acceptors (Lipinski definition) is 4. The number of allylic oxidation sites excluding steroid dienone is 3. The molecule has 2 rings (SSSR count). The summed E-state index contributed by atoms with van der Waals surface area (Å²) in [6.45, 7) is 8.23. The SMILES string of the molecule is C/C=C(\C=C(/C)OCc1ccccc1)Oc1ccccc1NC(=O)CCl.CC.CO. The van der Waals surface area contributed by atoms with Gasteiger partial charge in [-0.25, -0.2) is 0 Å². The van der Waals surface area contributed by atoms with Crippen molar-refractivity contribution in [3.8, 4) is 5.75 Å². The van der Waals surface area contributed by atoms with Crippen molar-refractivity contribution in [1.29, 1.82) is 0 Å². The van der Waals surface area contributed by atoms with Crippen LogP contribution in [0.1, 0.15) is 33.3 Å². The van der Waals surface area contributed by atoms with E-state index in [1.807, 2.05) is 82.3 Å². The highest BCUT2D eigenvalue weighted by molar-refractivity contribution is 6.29. The molecule has 0 spiro atoms. The Morgan fingerprint density at radius 3 is 2.27 bits per heavy atom. The Morgan fingerprint density at radius 2 is 1.67 bits per heavy atom. The average molecular weight is 434 g/mol. The molecule has 0 aliphatic heterocycles. The summed E-state index contributed by atoms with van der Waals surface area (Å²) < 4.78 is 11.7. The van der Waals surface area contributed by atoms with Gasteiger partial charge in [-0.15, -0.1) is 11.6 Å². The topological polar surface area (TPSA) is 67.8 Å². The Kier molecular flexibility index (Phi) is 15.6. The van der Waals surface area contributed by atoms with Gasteiger partial charge in [-0.05, 0) is 37.6 Å². The van der Waals surface area contributed by atoms with Crippen molar-refractivity contribution in [2.24, 2.45) is 0 Å². The van der Waals surface area contributed by atoms with Crippen LogP contribution in [0.3, 0.4) is 0 Å². The Hall–Kier alpha value is -2.76. The highest BCUT2D eigenvalue weighted by atomic mass is 35.5. The van der Waals surface area contributed by atoms with Gasteiger partial charge < -0.3 is 19.9 Å². The molecule has 0 atom stereocenters. The maximum absolute atomic E-state index is 11.5.